The van der Waals surface area contributed by atoms with E-state index in [0.29, 0.717) is 16.5 Å². The van der Waals surface area contributed by atoms with E-state index in [-0.39, 0.29) is 51.8 Å². The van der Waals surface area contributed by atoms with E-state index in [0.717, 1.165) is 11.8 Å². The monoisotopic (exact) mass is 374 g/mol. The Bertz CT molecular complexity index is 745. The molecule has 0 unspecified atom stereocenters. The first-order valence-electron chi connectivity index (χ1n) is 6.44. The van der Waals surface area contributed by atoms with Gasteiger partial charge in [-0.05, 0) is 30.3 Å². The minimum atomic E-state index is -1.34. The molecule has 0 spiro atoms. The minimum absolute atomic E-state index is 0. The van der Waals surface area contributed by atoms with Gasteiger partial charge in [-0.1, -0.05) is 23.4 Å². The molecule has 24 heavy (non-hydrogen) atoms. The van der Waals surface area contributed by atoms with Gasteiger partial charge in [-0.3, -0.25) is 4.79 Å². The molecule has 0 radical (unpaired) electrons. The number of halogens is 1. The number of nitrogens with zero attached hydrogens (tertiary/aromatic N) is 1. The number of ether oxygens (including phenoxy) is 1. The Labute approximate surface area is 170 Å². The van der Waals surface area contributed by atoms with Crippen molar-refractivity contribution in [3.05, 3.63) is 47.1 Å². The van der Waals surface area contributed by atoms with Crippen molar-refractivity contribution in [1.82, 2.24) is 4.98 Å². The number of benzene rings is 1. The van der Waals surface area contributed by atoms with Crippen LogP contribution in [0.3, 0.4) is 0 Å². The van der Waals surface area contributed by atoms with E-state index in [4.69, 9.17) is 16.3 Å². The van der Waals surface area contributed by atoms with Crippen LogP contribution in [0.25, 0.3) is 0 Å². The number of aromatic nitrogens is 1. The van der Waals surface area contributed by atoms with Crippen LogP contribution in [-0.4, -0.2) is 29.7 Å². The Hall–Kier alpha value is -1.25. The number of thioether (sulfide) groups is 1. The zero-order valence-electron chi connectivity index (χ0n) is 13.0. The van der Waals surface area contributed by atoms with Gasteiger partial charge in [0.1, 0.15) is 10.8 Å². The van der Waals surface area contributed by atoms with Gasteiger partial charge in [0.15, 0.2) is 0 Å². The summed E-state index contributed by atoms with van der Waals surface area (Å²) in [4.78, 5) is 27.0. The van der Waals surface area contributed by atoms with E-state index < -0.39 is 5.97 Å². The van der Waals surface area contributed by atoms with E-state index in [1.54, 1.807) is 18.2 Å². The zero-order valence-corrected chi connectivity index (χ0v) is 16.6. The van der Waals surface area contributed by atoms with Crippen molar-refractivity contribution in [3.8, 4) is 5.75 Å². The van der Waals surface area contributed by atoms with Crippen LogP contribution in [-0.2, 0) is 4.79 Å². The second kappa shape index (κ2) is 9.90. The fraction of sp³-hybridized carbons (Fsp3) is 0.133. The van der Waals surface area contributed by atoms with Gasteiger partial charge in [0.25, 0.3) is 0 Å². The second-order valence-electron chi connectivity index (χ2n) is 4.33. The molecule has 0 saturated heterocycles. The molecule has 2 rings (SSSR count). The average Bonchev–Trinajstić information content (AvgIpc) is 2.53. The number of anilines is 1. The Kier molecular flexibility index (Phi) is 8.58. The van der Waals surface area contributed by atoms with Crippen LogP contribution in [0.4, 0.5) is 5.69 Å². The fourth-order valence-corrected chi connectivity index (χ4v) is 2.71. The summed E-state index contributed by atoms with van der Waals surface area (Å²) >= 11 is 6.89. The molecule has 1 amide bonds. The molecule has 0 aliphatic rings. The maximum atomic E-state index is 12.0. The van der Waals surface area contributed by atoms with Crippen molar-refractivity contribution in [2.45, 2.75) is 5.03 Å². The summed E-state index contributed by atoms with van der Waals surface area (Å²) in [5, 5.41) is 14.3. The number of carboxylic acid groups (broad SMARTS) is 1. The number of hydrogen-bond donors (Lipinski definition) is 1. The van der Waals surface area contributed by atoms with Crippen LogP contribution in [0.15, 0.2) is 41.6 Å². The molecule has 0 fully saturated rings. The van der Waals surface area contributed by atoms with E-state index in [1.807, 2.05) is 0 Å². The van der Waals surface area contributed by atoms with Gasteiger partial charge in [-0.25, -0.2) is 4.98 Å². The molecule has 0 saturated carbocycles. The molecule has 0 aliphatic carbocycles. The molecule has 0 atom stereocenters. The van der Waals surface area contributed by atoms with Gasteiger partial charge >= 0.3 is 29.6 Å². The SMILES string of the molecule is COc1ccc(Cl)cc1NC(=O)CSc1ncccc1C(=O)[O-].[Na+]. The fourth-order valence-electron chi connectivity index (χ4n) is 1.76. The van der Waals surface area contributed by atoms with Gasteiger partial charge in [-0.2, -0.15) is 0 Å². The summed E-state index contributed by atoms with van der Waals surface area (Å²) in [7, 11) is 1.48. The third-order valence-corrected chi connectivity index (χ3v) is 4.01. The van der Waals surface area contributed by atoms with Crippen LogP contribution in [0, 0.1) is 0 Å². The zero-order chi connectivity index (χ0) is 16.8. The molecule has 9 heteroatoms. The van der Waals surface area contributed by atoms with Crippen molar-refractivity contribution in [3.63, 3.8) is 0 Å². The summed E-state index contributed by atoms with van der Waals surface area (Å²) < 4.78 is 5.14. The number of carbonyl (C=O) groups is 2. The summed E-state index contributed by atoms with van der Waals surface area (Å²) in [5.74, 6) is -1.23. The molecular formula is C15H12ClN2NaO4S. The molecule has 1 aromatic carbocycles. The molecule has 120 valence electrons. The smallest absolute Gasteiger partial charge is 0.545 e. The predicted octanol–water partition coefficient (Wildman–Crippen LogP) is -1.16. The first-order chi connectivity index (χ1) is 11.0. The molecule has 1 N–H and O–H groups in total. The molecule has 6 nitrogen and oxygen atoms in total. The van der Waals surface area contributed by atoms with Crippen molar-refractivity contribution in [2.24, 2.45) is 0 Å². The molecule has 0 bridgehead atoms. The van der Waals surface area contributed by atoms with Gasteiger partial charge in [0.2, 0.25) is 5.91 Å². The number of amides is 1. The van der Waals surface area contributed by atoms with Crippen molar-refractivity contribution in [1.29, 1.82) is 0 Å². The van der Waals surface area contributed by atoms with Gasteiger partial charge < -0.3 is 20.0 Å². The van der Waals surface area contributed by atoms with Crippen molar-refractivity contribution in [2.75, 3.05) is 18.2 Å². The number of nitrogens with one attached hydrogen (secondary N) is 1. The number of carboxylic acids is 1. The van der Waals surface area contributed by atoms with E-state index in [1.165, 1.54) is 25.4 Å². The number of pyridine rings is 1. The quantitative estimate of drug-likeness (QED) is 0.507. The Morgan fingerprint density at radius 1 is 1.38 bits per heavy atom. The maximum absolute atomic E-state index is 12.0. The third-order valence-electron chi connectivity index (χ3n) is 2.77. The van der Waals surface area contributed by atoms with Gasteiger partial charge in [0, 0.05) is 16.8 Å². The Morgan fingerprint density at radius 2 is 2.12 bits per heavy atom. The van der Waals surface area contributed by atoms with Crippen LogP contribution in [0.2, 0.25) is 5.02 Å². The summed E-state index contributed by atoms with van der Waals surface area (Å²) in [5.41, 5.74) is 0.386. The number of methoxy groups -OCH3 is 1. The van der Waals surface area contributed by atoms with Crippen LogP contribution in [0.5, 0.6) is 5.75 Å². The average molecular weight is 375 g/mol. The third kappa shape index (κ3) is 5.68. The van der Waals surface area contributed by atoms with E-state index >= 15 is 0 Å². The molecular weight excluding hydrogens is 363 g/mol. The van der Waals surface area contributed by atoms with Crippen molar-refractivity contribution >= 4 is 40.9 Å². The Morgan fingerprint density at radius 3 is 2.79 bits per heavy atom. The summed E-state index contributed by atoms with van der Waals surface area (Å²) in [6, 6.07) is 7.72. The number of carbonyl (C=O) groups excluding carboxylic acids is 2. The number of aromatic carboxylic acids is 1. The van der Waals surface area contributed by atoms with Crippen molar-refractivity contribution < 1.29 is 49.0 Å². The van der Waals surface area contributed by atoms with Gasteiger partial charge in [0.05, 0.1) is 24.5 Å². The number of hydrogen-bond acceptors (Lipinski definition) is 6. The Balaban J connectivity index is 0.00000288. The van der Waals surface area contributed by atoms with Gasteiger partial charge in [-0.15, -0.1) is 0 Å². The molecule has 1 aromatic heterocycles. The first-order valence-corrected chi connectivity index (χ1v) is 7.80. The molecule has 0 aliphatic heterocycles. The second-order valence-corrected chi connectivity index (χ2v) is 5.73. The largest absolute Gasteiger partial charge is 1.00 e. The maximum Gasteiger partial charge on any atom is 1.00 e. The van der Waals surface area contributed by atoms with E-state index in [2.05, 4.69) is 10.3 Å². The molecule has 2 aromatic rings. The minimum Gasteiger partial charge on any atom is -0.545 e. The topological polar surface area (TPSA) is 91.3 Å². The number of rotatable bonds is 6. The molecule has 1 heterocycles. The van der Waals surface area contributed by atoms with Crippen LogP contribution < -0.4 is 44.7 Å². The van der Waals surface area contributed by atoms with Crippen LogP contribution in [0.1, 0.15) is 10.4 Å². The summed E-state index contributed by atoms with van der Waals surface area (Å²) in [6.45, 7) is 0. The summed E-state index contributed by atoms with van der Waals surface area (Å²) in [6.07, 6.45) is 1.45. The van der Waals surface area contributed by atoms with E-state index in [9.17, 15) is 14.7 Å². The standard InChI is InChI=1S/C15H13ClN2O4S.Na/c1-22-12-5-4-9(16)7-11(12)18-13(19)8-23-14-10(15(20)21)3-2-6-17-14;/h2-7H,8H2,1H3,(H,18,19)(H,20,21);/q;+1/p-1. The normalized spacial score (nSPS) is 9.75. The van der Waals surface area contributed by atoms with Crippen LogP contribution >= 0.6 is 23.4 Å². The first kappa shape index (κ1) is 20.8. The predicted molar refractivity (Wildman–Crippen MR) is 85.9 cm³/mol.